The molecule has 0 aliphatic rings. The van der Waals surface area contributed by atoms with Gasteiger partial charge in [0, 0.05) is 18.0 Å². The lowest BCUT2D eigenvalue weighted by Gasteiger charge is -1.96. The molecule has 0 aliphatic heterocycles. The maximum Gasteiger partial charge on any atom is 0.139 e. The molecule has 0 saturated heterocycles. The van der Waals surface area contributed by atoms with Crippen molar-refractivity contribution in [1.29, 1.82) is 0 Å². The molecule has 58 valence electrons. The third-order valence-electron chi connectivity index (χ3n) is 1.82. The highest BCUT2D eigenvalue weighted by Gasteiger charge is 1.96. The molecule has 12 heavy (non-hydrogen) atoms. The van der Waals surface area contributed by atoms with E-state index < -0.39 is 0 Å². The number of nitrogens with zero attached hydrogens (tertiary/aromatic N) is 1. The number of aromatic nitrogens is 2. The molecule has 0 amide bonds. The zero-order chi connectivity index (χ0) is 8.39. The van der Waals surface area contributed by atoms with Crippen molar-refractivity contribution in [2.75, 3.05) is 0 Å². The smallest absolute Gasteiger partial charge is 0.139 e. The molecule has 0 atom stereocenters. The Morgan fingerprint density at radius 3 is 2.50 bits per heavy atom. The van der Waals surface area contributed by atoms with Crippen LogP contribution >= 0.6 is 0 Å². The second-order valence-electron chi connectivity index (χ2n) is 2.80. The van der Waals surface area contributed by atoms with Gasteiger partial charge < -0.3 is 4.98 Å². The summed E-state index contributed by atoms with van der Waals surface area (Å²) in [4.78, 5) is 7.22. The van der Waals surface area contributed by atoms with Gasteiger partial charge in [0.1, 0.15) is 13.7 Å². The minimum Gasteiger partial charge on any atom is -0.345 e. The number of hydrogen-bond donors (Lipinski definition) is 1. The molecule has 2 nitrogen and oxygen atoms in total. The first-order valence-corrected chi connectivity index (χ1v) is 3.93. The SMILES string of the molecule is Bc1ccc(-c2ncc[nH]2)cc1. The molecule has 1 N–H and O–H groups in total. The van der Waals surface area contributed by atoms with Gasteiger partial charge in [0.05, 0.1) is 0 Å². The van der Waals surface area contributed by atoms with Gasteiger partial charge >= 0.3 is 0 Å². The summed E-state index contributed by atoms with van der Waals surface area (Å²) in [7, 11) is 2.08. The van der Waals surface area contributed by atoms with Crippen molar-refractivity contribution in [3.63, 3.8) is 0 Å². The fourth-order valence-corrected chi connectivity index (χ4v) is 1.13. The molecule has 3 heteroatoms. The summed E-state index contributed by atoms with van der Waals surface area (Å²) in [5.74, 6) is 0.926. The first-order chi connectivity index (χ1) is 5.86. The van der Waals surface area contributed by atoms with Gasteiger partial charge in [-0.2, -0.15) is 0 Å². The highest BCUT2D eigenvalue weighted by molar-refractivity contribution is 6.32. The normalized spacial score (nSPS) is 10.0. The van der Waals surface area contributed by atoms with Gasteiger partial charge in [-0.1, -0.05) is 29.7 Å². The van der Waals surface area contributed by atoms with E-state index in [0.29, 0.717) is 0 Å². The van der Waals surface area contributed by atoms with E-state index in [1.807, 2.05) is 6.20 Å². The number of H-pyrrole nitrogens is 1. The standard InChI is InChI=1S/C9H9BN2/c10-8-3-1-7(2-4-8)9-11-5-6-12-9/h1-6H,10H2,(H,11,12). The van der Waals surface area contributed by atoms with Crippen molar-refractivity contribution in [2.24, 2.45) is 0 Å². The summed E-state index contributed by atoms with van der Waals surface area (Å²) in [6, 6.07) is 8.29. The molecular formula is C9H9BN2. The van der Waals surface area contributed by atoms with Crippen LogP contribution in [0.5, 0.6) is 0 Å². The van der Waals surface area contributed by atoms with E-state index in [1.165, 1.54) is 5.46 Å². The number of benzene rings is 1. The molecule has 0 unspecified atom stereocenters. The average Bonchev–Trinajstić information content (AvgIpc) is 2.58. The first-order valence-electron chi connectivity index (χ1n) is 3.93. The Bertz CT molecular complexity index is 351. The Hall–Kier alpha value is -1.51. The van der Waals surface area contributed by atoms with Gasteiger partial charge in [0.25, 0.3) is 0 Å². The molecule has 1 heterocycles. The van der Waals surface area contributed by atoms with Gasteiger partial charge in [-0.3, -0.25) is 0 Å². The Balaban J connectivity index is 2.43. The fourth-order valence-electron chi connectivity index (χ4n) is 1.13. The maximum atomic E-state index is 4.16. The van der Waals surface area contributed by atoms with Gasteiger partial charge in [-0.05, 0) is 0 Å². The van der Waals surface area contributed by atoms with Crippen LogP contribution in [0.15, 0.2) is 36.7 Å². The van der Waals surface area contributed by atoms with Crippen molar-refractivity contribution in [1.82, 2.24) is 9.97 Å². The predicted molar refractivity (Wildman–Crippen MR) is 52.2 cm³/mol. The second kappa shape index (κ2) is 2.85. The summed E-state index contributed by atoms with van der Waals surface area (Å²) in [6.07, 6.45) is 3.59. The summed E-state index contributed by atoms with van der Waals surface area (Å²) in [5.41, 5.74) is 2.40. The monoisotopic (exact) mass is 156 g/mol. The molecular weight excluding hydrogens is 147 g/mol. The number of aromatic amines is 1. The minimum absolute atomic E-state index is 0.926. The first kappa shape index (κ1) is 7.16. The van der Waals surface area contributed by atoms with E-state index in [0.717, 1.165) is 11.4 Å². The lowest BCUT2D eigenvalue weighted by atomic mass is 9.95. The number of hydrogen-bond acceptors (Lipinski definition) is 1. The lowest BCUT2D eigenvalue weighted by molar-refractivity contribution is 1.31. The van der Waals surface area contributed by atoms with Crippen LogP contribution in [0.1, 0.15) is 0 Å². The zero-order valence-electron chi connectivity index (χ0n) is 6.91. The molecule has 2 aromatic rings. The zero-order valence-corrected chi connectivity index (χ0v) is 6.91. The average molecular weight is 156 g/mol. The molecule has 0 saturated carbocycles. The lowest BCUT2D eigenvalue weighted by Crippen LogP contribution is -1.99. The van der Waals surface area contributed by atoms with E-state index in [-0.39, 0.29) is 0 Å². The third kappa shape index (κ3) is 1.26. The van der Waals surface area contributed by atoms with Crippen molar-refractivity contribution in [2.45, 2.75) is 0 Å². The third-order valence-corrected chi connectivity index (χ3v) is 1.82. The Kier molecular flexibility index (Phi) is 1.70. The van der Waals surface area contributed by atoms with Crippen LogP contribution < -0.4 is 5.46 Å². The van der Waals surface area contributed by atoms with E-state index in [4.69, 9.17) is 0 Å². The molecule has 1 aromatic carbocycles. The van der Waals surface area contributed by atoms with Gasteiger partial charge in [0.2, 0.25) is 0 Å². The highest BCUT2D eigenvalue weighted by atomic mass is 14.9. The van der Waals surface area contributed by atoms with Gasteiger partial charge in [-0.15, -0.1) is 0 Å². The van der Waals surface area contributed by atoms with Crippen LogP contribution in [0.3, 0.4) is 0 Å². The summed E-state index contributed by atoms with van der Waals surface area (Å²) in [5, 5.41) is 0. The Labute approximate surface area is 72.1 Å². The van der Waals surface area contributed by atoms with Crippen LogP contribution in [0.25, 0.3) is 11.4 Å². The summed E-state index contributed by atoms with van der Waals surface area (Å²) in [6.45, 7) is 0. The van der Waals surface area contributed by atoms with E-state index in [1.54, 1.807) is 6.20 Å². The highest BCUT2D eigenvalue weighted by Crippen LogP contribution is 2.11. The fraction of sp³-hybridized carbons (Fsp3) is 0. The van der Waals surface area contributed by atoms with Gasteiger partial charge in [0.15, 0.2) is 0 Å². The predicted octanol–water partition coefficient (Wildman–Crippen LogP) is 0.335. The molecule has 2 rings (SSSR count). The molecule has 0 spiro atoms. The Morgan fingerprint density at radius 1 is 1.17 bits per heavy atom. The molecule has 0 bridgehead atoms. The van der Waals surface area contributed by atoms with E-state index >= 15 is 0 Å². The topological polar surface area (TPSA) is 28.7 Å². The number of rotatable bonds is 1. The Morgan fingerprint density at radius 2 is 1.92 bits per heavy atom. The van der Waals surface area contributed by atoms with Crippen molar-refractivity contribution >= 4 is 13.3 Å². The van der Waals surface area contributed by atoms with Crippen LogP contribution in [-0.4, -0.2) is 17.8 Å². The van der Waals surface area contributed by atoms with Crippen LogP contribution in [0.2, 0.25) is 0 Å². The van der Waals surface area contributed by atoms with Crippen LogP contribution in [0.4, 0.5) is 0 Å². The largest absolute Gasteiger partial charge is 0.345 e. The summed E-state index contributed by atoms with van der Waals surface area (Å²) < 4.78 is 0. The second-order valence-corrected chi connectivity index (χ2v) is 2.80. The minimum atomic E-state index is 0.926. The molecule has 0 radical (unpaired) electrons. The number of imidazole rings is 1. The van der Waals surface area contributed by atoms with Gasteiger partial charge in [-0.25, -0.2) is 4.98 Å². The van der Waals surface area contributed by atoms with Crippen molar-refractivity contribution < 1.29 is 0 Å². The quantitative estimate of drug-likeness (QED) is 0.592. The summed E-state index contributed by atoms with van der Waals surface area (Å²) >= 11 is 0. The van der Waals surface area contributed by atoms with Crippen molar-refractivity contribution in [3.05, 3.63) is 36.7 Å². The van der Waals surface area contributed by atoms with Crippen LogP contribution in [-0.2, 0) is 0 Å². The van der Waals surface area contributed by atoms with Crippen molar-refractivity contribution in [3.8, 4) is 11.4 Å². The molecule has 1 aromatic heterocycles. The number of nitrogens with one attached hydrogen (secondary N) is 1. The van der Waals surface area contributed by atoms with E-state index in [9.17, 15) is 0 Å². The molecule has 0 aliphatic carbocycles. The van der Waals surface area contributed by atoms with Crippen LogP contribution in [0, 0.1) is 0 Å². The van der Waals surface area contributed by atoms with E-state index in [2.05, 4.69) is 42.1 Å². The molecule has 0 fully saturated rings. The maximum absolute atomic E-state index is 4.16.